The summed E-state index contributed by atoms with van der Waals surface area (Å²) in [5.41, 5.74) is 5.12. The van der Waals surface area contributed by atoms with Gasteiger partial charge in [0.25, 0.3) is 0 Å². The molecular weight excluding hydrogens is 336 g/mol. The first-order valence-electron chi connectivity index (χ1n) is 6.82. The molecule has 2 aromatic carbocycles. The maximum atomic E-state index is 11.3. The Morgan fingerprint density at radius 1 is 0.739 bits per heavy atom. The van der Waals surface area contributed by atoms with Crippen LogP contribution < -0.4 is 9.44 Å². The van der Waals surface area contributed by atoms with Gasteiger partial charge in [0, 0.05) is 11.4 Å². The molecule has 0 bridgehead atoms. The van der Waals surface area contributed by atoms with Crippen LogP contribution >= 0.6 is 0 Å². The molecule has 0 atom stereocenters. The second kappa shape index (κ2) is 5.24. The van der Waals surface area contributed by atoms with Crippen molar-refractivity contribution in [1.29, 1.82) is 0 Å². The van der Waals surface area contributed by atoms with Crippen LogP contribution in [0.1, 0.15) is 11.1 Å². The number of benzene rings is 2. The summed E-state index contributed by atoms with van der Waals surface area (Å²) in [6.07, 6.45) is 2.85. The Bertz CT molecular complexity index is 915. The van der Waals surface area contributed by atoms with Crippen LogP contribution in [0.4, 0.5) is 11.4 Å². The fourth-order valence-electron chi connectivity index (χ4n) is 2.77. The van der Waals surface area contributed by atoms with Crippen molar-refractivity contribution in [3.05, 3.63) is 47.5 Å². The number of nitrogens with one attached hydrogen (secondary N) is 2. The first-order chi connectivity index (χ1) is 10.6. The van der Waals surface area contributed by atoms with Gasteiger partial charge in [-0.15, -0.1) is 0 Å². The number of fused-ring (bicyclic) bond motifs is 3. The molecule has 23 heavy (non-hydrogen) atoms. The molecule has 8 heteroatoms. The molecule has 2 aromatic rings. The number of hydrogen-bond acceptors (Lipinski definition) is 4. The highest BCUT2D eigenvalue weighted by Gasteiger charge is 2.20. The highest BCUT2D eigenvalue weighted by molar-refractivity contribution is 7.92. The van der Waals surface area contributed by atoms with E-state index in [1.54, 1.807) is 24.3 Å². The Labute approximate surface area is 135 Å². The topological polar surface area (TPSA) is 92.3 Å². The minimum Gasteiger partial charge on any atom is -0.284 e. The highest BCUT2D eigenvalue weighted by atomic mass is 32.2. The van der Waals surface area contributed by atoms with Gasteiger partial charge in [-0.3, -0.25) is 9.44 Å². The van der Waals surface area contributed by atoms with E-state index in [0.29, 0.717) is 17.8 Å². The third kappa shape index (κ3) is 3.65. The van der Waals surface area contributed by atoms with Crippen LogP contribution in [-0.2, 0) is 26.5 Å². The van der Waals surface area contributed by atoms with E-state index in [1.807, 2.05) is 12.1 Å². The van der Waals surface area contributed by atoms with Crippen molar-refractivity contribution in [2.75, 3.05) is 22.0 Å². The molecule has 1 aliphatic rings. The summed E-state index contributed by atoms with van der Waals surface area (Å²) in [5.74, 6) is 0. The number of sulfonamides is 2. The van der Waals surface area contributed by atoms with Gasteiger partial charge in [-0.05, 0) is 52.9 Å². The van der Waals surface area contributed by atoms with Crippen molar-refractivity contribution in [2.45, 2.75) is 6.42 Å². The Morgan fingerprint density at radius 2 is 1.13 bits per heavy atom. The lowest BCUT2D eigenvalue weighted by Crippen LogP contribution is -2.09. The molecule has 0 amide bonds. The summed E-state index contributed by atoms with van der Waals surface area (Å²) in [5, 5.41) is 0. The monoisotopic (exact) mass is 352 g/mol. The molecule has 0 fully saturated rings. The SMILES string of the molecule is CS(=O)(=O)Nc1ccc2c(c1)Cc1cc(NS(C)(=O)=O)ccc1-2. The van der Waals surface area contributed by atoms with E-state index in [0.717, 1.165) is 34.8 Å². The van der Waals surface area contributed by atoms with E-state index in [-0.39, 0.29) is 0 Å². The van der Waals surface area contributed by atoms with Crippen LogP contribution in [0.25, 0.3) is 11.1 Å². The second-order valence-corrected chi connectivity index (χ2v) is 9.17. The molecule has 2 N–H and O–H groups in total. The van der Waals surface area contributed by atoms with E-state index < -0.39 is 20.0 Å². The third-order valence-corrected chi connectivity index (χ3v) is 4.70. The van der Waals surface area contributed by atoms with Crippen LogP contribution in [0.2, 0.25) is 0 Å². The predicted molar refractivity (Wildman–Crippen MR) is 91.6 cm³/mol. The molecule has 0 radical (unpaired) electrons. The van der Waals surface area contributed by atoms with Crippen molar-refractivity contribution in [2.24, 2.45) is 0 Å². The average Bonchev–Trinajstić information content (AvgIpc) is 2.71. The van der Waals surface area contributed by atoms with Gasteiger partial charge >= 0.3 is 0 Å². The summed E-state index contributed by atoms with van der Waals surface area (Å²) in [6.45, 7) is 0. The van der Waals surface area contributed by atoms with E-state index in [2.05, 4.69) is 9.44 Å². The van der Waals surface area contributed by atoms with E-state index in [9.17, 15) is 16.8 Å². The van der Waals surface area contributed by atoms with Crippen molar-refractivity contribution in [3.8, 4) is 11.1 Å². The highest BCUT2D eigenvalue weighted by Crippen LogP contribution is 2.39. The van der Waals surface area contributed by atoms with E-state index in [1.165, 1.54) is 0 Å². The summed E-state index contributed by atoms with van der Waals surface area (Å²) >= 11 is 0. The molecule has 0 unspecified atom stereocenters. The molecule has 122 valence electrons. The lowest BCUT2D eigenvalue weighted by Gasteiger charge is -2.07. The molecular formula is C15H16N2O4S2. The summed E-state index contributed by atoms with van der Waals surface area (Å²) in [7, 11) is -6.63. The van der Waals surface area contributed by atoms with Gasteiger partial charge in [0.2, 0.25) is 20.0 Å². The van der Waals surface area contributed by atoms with Crippen LogP contribution in [0.15, 0.2) is 36.4 Å². The van der Waals surface area contributed by atoms with E-state index in [4.69, 9.17) is 0 Å². The van der Waals surface area contributed by atoms with Crippen LogP contribution in [-0.4, -0.2) is 29.3 Å². The maximum Gasteiger partial charge on any atom is 0.229 e. The molecule has 0 saturated carbocycles. The number of rotatable bonds is 4. The average molecular weight is 352 g/mol. The van der Waals surface area contributed by atoms with Crippen molar-refractivity contribution in [1.82, 2.24) is 0 Å². The van der Waals surface area contributed by atoms with E-state index >= 15 is 0 Å². The van der Waals surface area contributed by atoms with Crippen molar-refractivity contribution < 1.29 is 16.8 Å². The van der Waals surface area contributed by atoms with Gasteiger partial charge in [-0.25, -0.2) is 16.8 Å². The number of hydrogen-bond donors (Lipinski definition) is 2. The first-order valence-corrected chi connectivity index (χ1v) is 10.6. The largest absolute Gasteiger partial charge is 0.284 e. The van der Waals surface area contributed by atoms with Gasteiger partial charge in [-0.2, -0.15) is 0 Å². The van der Waals surface area contributed by atoms with Gasteiger partial charge < -0.3 is 0 Å². The minimum atomic E-state index is -3.32. The predicted octanol–water partition coefficient (Wildman–Crippen LogP) is 2.00. The summed E-state index contributed by atoms with van der Waals surface area (Å²) < 4.78 is 50.2. The Hall–Kier alpha value is -2.06. The second-order valence-electron chi connectivity index (χ2n) is 5.67. The standard InChI is InChI=1S/C15H16N2O4S2/c1-22(18,19)16-12-3-5-14-10(8-12)7-11-9-13(4-6-15(11)14)17-23(2,20)21/h3-6,8-9,16-17H,7H2,1-2H3. The molecule has 1 aliphatic carbocycles. The van der Waals surface area contributed by atoms with Crippen LogP contribution in [0.5, 0.6) is 0 Å². The van der Waals surface area contributed by atoms with Gasteiger partial charge in [0.1, 0.15) is 0 Å². The zero-order valence-corrected chi connectivity index (χ0v) is 14.3. The van der Waals surface area contributed by atoms with Gasteiger partial charge in [0.05, 0.1) is 12.5 Å². The molecule has 0 spiro atoms. The van der Waals surface area contributed by atoms with Crippen molar-refractivity contribution >= 4 is 31.4 Å². The van der Waals surface area contributed by atoms with Crippen LogP contribution in [0, 0.1) is 0 Å². The maximum absolute atomic E-state index is 11.3. The molecule has 0 saturated heterocycles. The molecule has 3 rings (SSSR count). The first kappa shape index (κ1) is 15.8. The molecule has 6 nitrogen and oxygen atoms in total. The third-order valence-electron chi connectivity index (χ3n) is 3.49. The van der Waals surface area contributed by atoms with Crippen LogP contribution in [0.3, 0.4) is 0 Å². The Balaban J connectivity index is 1.94. The Morgan fingerprint density at radius 3 is 1.48 bits per heavy atom. The normalized spacial score (nSPS) is 13.3. The van der Waals surface area contributed by atoms with Gasteiger partial charge in [-0.1, -0.05) is 12.1 Å². The zero-order chi connectivity index (χ0) is 16.8. The molecule has 0 aliphatic heterocycles. The van der Waals surface area contributed by atoms with Gasteiger partial charge in [0.15, 0.2) is 0 Å². The Kier molecular flexibility index (Phi) is 3.61. The summed E-state index contributed by atoms with van der Waals surface area (Å²) in [4.78, 5) is 0. The van der Waals surface area contributed by atoms with Crippen molar-refractivity contribution in [3.63, 3.8) is 0 Å². The molecule has 0 heterocycles. The lowest BCUT2D eigenvalue weighted by molar-refractivity contribution is 0.605. The lowest BCUT2D eigenvalue weighted by atomic mass is 10.1. The minimum absolute atomic E-state index is 0.522. The quantitative estimate of drug-likeness (QED) is 0.751. The molecule has 0 aromatic heterocycles. The summed E-state index contributed by atoms with van der Waals surface area (Å²) in [6, 6.07) is 10.8. The fraction of sp³-hybridized carbons (Fsp3) is 0.200. The zero-order valence-electron chi connectivity index (χ0n) is 12.6. The number of anilines is 2. The fourth-order valence-corrected chi connectivity index (χ4v) is 3.88. The smallest absolute Gasteiger partial charge is 0.229 e.